The topological polar surface area (TPSA) is 69.6 Å². The summed E-state index contributed by atoms with van der Waals surface area (Å²) in [6, 6.07) is 5.47. The fraction of sp³-hybridized carbons (Fsp3) is 0.300. The average molecular weight is 187 g/mol. The molecule has 0 atom stereocenters. The Labute approximate surface area is 81.6 Å². The van der Waals surface area contributed by atoms with Crippen LogP contribution in [0.5, 0.6) is 0 Å². The highest BCUT2D eigenvalue weighted by molar-refractivity contribution is 5.36. The summed E-state index contributed by atoms with van der Waals surface area (Å²) in [7, 11) is 0. The first-order valence-corrected chi connectivity index (χ1v) is 4.10. The number of nitriles is 2. The van der Waals surface area contributed by atoms with E-state index in [1.807, 2.05) is 12.1 Å². The Morgan fingerprint density at radius 3 is 2.57 bits per heavy atom. The van der Waals surface area contributed by atoms with Crippen molar-refractivity contribution in [1.82, 2.24) is 4.57 Å². The zero-order valence-corrected chi connectivity index (χ0v) is 8.03. The molecule has 4 nitrogen and oxygen atoms in total. The number of hydrogen-bond acceptors (Lipinski definition) is 3. The van der Waals surface area contributed by atoms with Gasteiger partial charge in [-0.2, -0.15) is 10.5 Å². The standard InChI is InChI=1S/C10H9N3O/c1-7-5-8(2)13(4-3-11)10(14)9(7)6-12/h5H,4H2,1-2H3. The first-order valence-electron chi connectivity index (χ1n) is 4.10. The molecular formula is C10H9N3O. The summed E-state index contributed by atoms with van der Waals surface area (Å²) in [5.74, 6) is 0. The summed E-state index contributed by atoms with van der Waals surface area (Å²) < 4.78 is 1.30. The molecule has 0 saturated carbocycles. The quantitative estimate of drug-likeness (QED) is 0.654. The van der Waals surface area contributed by atoms with Gasteiger partial charge in [-0.05, 0) is 25.5 Å². The maximum Gasteiger partial charge on any atom is 0.269 e. The molecule has 0 bridgehead atoms. The Morgan fingerprint density at radius 2 is 2.07 bits per heavy atom. The van der Waals surface area contributed by atoms with E-state index >= 15 is 0 Å². The molecule has 70 valence electrons. The largest absolute Gasteiger partial charge is 0.298 e. The highest BCUT2D eigenvalue weighted by Crippen LogP contribution is 2.04. The van der Waals surface area contributed by atoms with E-state index in [2.05, 4.69) is 0 Å². The lowest BCUT2D eigenvalue weighted by molar-refractivity contribution is 0.749. The Kier molecular flexibility index (Phi) is 2.69. The molecule has 0 amide bonds. The molecule has 1 rings (SSSR count). The zero-order chi connectivity index (χ0) is 10.7. The van der Waals surface area contributed by atoms with E-state index in [9.17, 15) is 4.79 Å². The number of hydrogen-bond donors (Lipinski definition) is 0. The Morgan fingerprint density at radius 1 is 1.43 bits per heavy atom. The lowest BCUT2D eigenvalue weighted by Crippen LogP contribution is -2.25. The third-order valence-corrected chi connectivity index (χ3v) is 2.05. The molecular weight excluding hydrogens is 178 g/mol. The van der Waals surface area contributed by atoms with Crippen LogP contribution in [0.2, 0.25) is 0 Å². The molecule has 0 radical (unpaired) electrons. The molecule has 0 N–H and O–H groups in total. The van der Waals surface area contributed by atoms with Crippen LogP contribution in [0.25, 0.3) is 0 Å². The fourth-order valence-electron chi connectivity index (χ4n) is 1.33. The lowest BCUT2D eigenvalue weighted by atomic mass is 10.1. The van der Waals surface area contributed by atoms with Crippen LogP contribution in [-0.4, -0.2) is 4.57 Å². The van der Waals surface area contributed by atoms with Crippen molar-refractivity contribution >= 4 is 0 Å². The highest BCUT2D eigenvalue weighted by atomic mass is 16.1. The zero-order valence-electron chi connectivity index (χ0n) is 8.03. The summed E-state index contributed by atoms with van der Waals surface area (Å²) in [6.45, 7) is 3.44. The van der Waals surface area contributed by atoms with Gasteiger partial charge in [-0.3, -0.25) is 9.36 Å². The second kappa shape index (κ2) is 3.76. The summed E-state index contributed by atoms with van der Waals surface area (Å²) in [6.07, 6.45) is 0. The van der Waals surface area contributed by atoms with Crippen molar-refractivity contribution in [3.63, 3.8) is 0 Å². The summed E-state index contributed by atoms with van der Waals surface area (Å²) >= 11 is 0. The Balaban J connectivity index is 3.56. The average Bonchev–Trinajstić information content (AvgIpc) is 2.12. The van der Waals surface area contributed by atoms with Crippen LogP contribution in [0.4, 0.5) is 0 Å². The Hall–Kier alpha value is -2.07. The van der Waals surface area contributed by atoms with Gasteiger partial charge in [0.1, 0.15) is 18.2 Å². The number of pyridine rings is 1. The minimum absolute atomic E-state index is 0.0143. The Bertz CT molecular complexity index is 500. The SMILES string of the molecule is Cc1cc(C)n(CC#N)c(=O)c1C#N. The molecule has 14 heavy (non-hydrogen) atoms. The first kappa shape index (κ1) is 10.0. The van der Waals surface area contributed by atoms with E-state index in [0.29, 0.717) is 11.3 Å². The van der Waals surface area contributed by atoms with Crippen molar-refractivity contribution in [3.8, 4) is 12.1 Å². The summed E-state index contributed by atoms with van der Waals surface area (Å²) in [4.78, 5) is 11.6. The van der Waals surface area contributed by atoms with E-state index in [-0.39, 0.29) is 17.7 Å². The normalized spacial score (nSPS) is 9.14. The molecule has 0 saturated heterocycles. The van der Waals surface area contributed by atoms with Gasteiger partial charge in [-0.25, -0.2) is 0 Å². The van der Waals surface area contributed by atoms with Gasteiger partial charge in [0.05, 0.1) is 6.07 Å². The molecule has 0 unspecified atom stereocenters. The van der Waals surface area contributed by atoms with Gasteiger partial charge in [-0.15, -0.1) is 0 Å². The minimum Gasteiger partial charge on any atom is -0.298 e. The predicted molar refractivity (Wildman–Crippen MR) is 50.5 cm³/mol. The van der Waals surface area contributed by atoms with E-state index in [1.54, 1.807) is 19.9 Å². The highest BCUT2D eigenvalue weighted by Gasteiger charge is 2.08. The minimum atomic E-state index is -0.383. The van der Waals surface area contributed by atoms with Crippen molar-refractivity contribution in [2.45, 2.75) is 20.4 Å². The number of nitrogens with zero attached hydrogens (tertiary/aromatic N) is 3. The van der Waals surface area contributed by atoms with E-state index < -0.39 is 0 Å². The van der Waals surface area contributed by atoms with Crippen LogP contribution in [0.3, 0.4) is 0 Å². The van der Waals surface area contributed by atoms with Gasteiger partial charge >= 0.3 is 0 Å². The number of rotatable bonds is 1. The van der Waals surface area contributed by atoms with Crippen molar-refractivity contribution < 1.29 is 0 Å². The van der Waals surface area contributed by atoms with Crippen LogP contribution < -0.4 is 5.56 Å². The van der Waals surface area contributed by atoms with Crippen LogP contribution in [0.15, 0.2) is 10.9 Å². The molecule has 1 aromatic rings. The van der Waals surface area contributed by atoms with Gasteiger partial charge in [0.25, 0.3) is 5.56 Å². The molecule has 0 aliphatic rings. The molecule has 1 aromatic heterocycles. The van der Waals surface area contributed by atoms with Crippen molar-refractivity contribution in [2.24, 2.45) is 0 Å². The lowest BCUT2D eigenvalue weighted by Gasteiger charge is -2.07. The van der Waals surface area contributed by atoms with Crippen LogP contribution in [-0.2, 0) is 6.54 Å². The monoisotopic (exact) mass is 187 g/mol. The third-order valence-electron chi connectivity index (χ3n) is 2.05. The predicted octanol–water partition coefficient (Wildman–Crippen LogP) is 0.860. The smallest absolute Gasteiger partial charge is 0.269 e. The van der Waals surface area contributed by atoms with E-state index in [1.165, 1.54) is 4.57 Å². The van der Waals surface area contributed by atoms with Crippen LogP contribution in [0.1, 0.15) is 16.8 Å². The van der Waals surface area contributed by atoms with Gasteiger partial charge in [0.15, 0.2) is 0 Å². The summed E-state index contributed by atoms with van der Waals surface area (Å²) in [5.41, 5.74) is 1.09. The van der Waals surface area contributed by atoms with Crippen molar-refractivity contribution in [2.75, 3.05) is 0 Å². The first-order chi connectivity index (χ1) is 6.61. The maximum atomic E-state index is 11.6. The molecule has 0 aliphatic heterocycles. The van der Waals surface area contributed by atoms with E-state index in [0.717, 1.165) is 0 Å². The molecule has 4 heteroatoms. The molecule has 0 aromatic carbocycles. The number of aromatic nitrogens is 1. The van der Waals surface area contributed by atoms with Gasteiger partial charge in [0, 0.05) is 5.69 Å². The fourth-order valence-corrected chi connectivity index (χ4v) is 1.33. The van der Waals surface area contributed by atoms with Gasteiger partial charge in [0.2, 0.25) is 0 Å². The molecule has 0 aliphatic carbocycles. The molecule has 0 spiro atoms. The van der Waals surface area contributed by atoms with Crippen molar-refractivity contribution in [1.29, 1.82) is 10.5 Å². The maximum absolute atomic E-state index is 11.6. The van der Waals surface area contributed by atoms with Crippen molar-refractivity contribution in [3.05, 3.63) is 33.2 Å². The van der Waals surface area contributed by atoms with E-state index in [4.69, 9.17) is 10.5 Å². The second-order valence-corrected chi connectivity index (χ2v) is 3.00. The van der Waals surface area contributed by atoms with Gasteiger partial charge in [-0.1, -0.05) is 0 Å². The molecule has 1 heterocycles. The number of aryl methyl sites for hydroxylation is 2. The van der Waals surface area contributed by atoms with Crippen LogP contribution >= 0.6 is 0 Å². The summed E-state index contributed by atoms with van der Waals surface area (Å²) in [5, 5.41) is 17.2. The molecule has 0 fully saturated rings. The third kappa shape index (κ3) is 1.51. The second-order valence-electron chi connectivity index (χ2n) is 3.00. The van der Waals surface area contributed by atoms with Crippen LogP contribution in [0, 0.1) is 36.5 Å². The van der Waals surface area contributed by atoms with Gasteiger partial charge < -0.3 is 0 Å².